The molecular formula is C17H21ClO4. The van der Waals surface area contributed by atoms with Gasteiger partial charge in [0.1, 0.15) is 11.6 Å². The second-order valence-electron chi connectivity index (χ2n) is 5.05. The Balaban J connectivity index is 3.22. The van der Waals surface area contributed by atoms with Gasteiger partial charge in [-0.05, 0) is 25.5 Å². The molecule has 0 radical (unpaired) electrons. The summed E-state index contributed by atoms with van der Waals surface area (Å²) in [5.74, 6) is -2.30. The van der Waals surface area contributed by atoms with Crippen molar-refractivity contribution >= 4 is 29.1 Å². The Kier molecular flexibility index (Phi) is 7.25. The zero-order valence-corrected chi connectivity index (χ0v) is 13.9. The highest BCUT2D eigenvalue weighted by atomic mass is 35.5. The van der Waals surface area contributed by atoms with Crippen LogP contribution in [0.4, 0.5) is 0 Å². The number of esters is 1. The number of halogens is 1. The summed E-state index contributed by atoms with van der Waals surface area (Å²) >= 11 is 6.19. The van der Waals surface area contributed by atoms with Gasteiger partial charge >= 0.3 is 5.97 Å². The lowest BCUT2D eigenvalue weighted by molar-refractivity contribution is -0.146. The molecule has 0 fully saturated rings. The maximum Gasteiger partial charge on any atom is 0.306 e. The third-order valence-electron chi connectivity index (χ3n) is 3.55. The molecule has 0 N–H and O–H groups in total. The monoisotopic (exact) mass is 324 g/mol. The van der Waals surface area contributed by atoms with Crippen LogP contribution in [0.15, 0.2) is 24.3 Å². The molecule has 2 unspecified atom stereocenters. The fraction of sp³-hybridized carbons (Fsp3) is 0.471. The number of hydrogen-bond donors (Lipinski definition) is 0. The van der Waals surface area contributed by atoms with Crippen molar-refractivity contribution in [2.45, 2.75) is 39.5 Å². The van der Waals surface area contributed by atoms with Gasteiger partial charge in [0.05, 0.1) is 18.9 Å². The normalized spacial score (nSPS) is 13.3. The van der Waals surface area contributed by atoms with Gasteiger partial charge < -0.3 is 4.74 Å². The van der Waals surface area contributed by atoms with Crippen LogP contribution in [-0.2, 0) is 19.1 Å². The van der Waals surface area contributed by atoms with Gasteiger partial charge in [0.2, 0.25) is 0 Å². The molecule has 0 bridgehead atoms. The third kappa shape index (κ3) is 4.67. The van der Waals surface area contributed by atoms with Crippen LogP contribution in [0.2, 0.25) is 5.02 Å². The minimum absolute atomic E-state index is 0.113. The zero-order valence-electron chi connectivity index (χ0n) is 13.1. The van der Waals surface area contributed by atoms with Crippen molar-refractivity contribution in [1.29, 1.82) is 0 Å². The van der Waals surface area contributed by atoms with Crippen LogP contribution in [0.5, 0.6) is 0 Å². The molecule has 0 aliphatic rings. The predicted molar refractivity (Wildman–Crippen MR) is 84.9 cm³/mol. The van der Waals surface area contributed by atoms with E-state index in [1.54, 1.807) is 38.1 Å². The second-order valence-corrected chi connectivity index (χ2v) is 5.45. The minimum Gasteiger partial charge on any atom is -0.466 e. The summed E-state index contributed by atoms with van der Waals surface area (Å²) in [5, 5.41) is 0.421. The Labute approximate surface area is 135 Å². The first-order valence-corrected chi connectivity index (χ1v) is 7.73. The first-order valence-electron chi connectivity index (χ1n) is 7.35. The molecule has 5 heteroatoms. The number of rotatable bonds is 8. The highest BCUT2D eigenvalue weighted by Crippen LogP contribution is 2.34. The van der Waals surface area contributed by atoms with Crippen LogP contribution in [0.1, 0.15) is 45.1 Å². The van der Waals surface area contributed by atoms with Crippen LogP contribution in [0.3, 0.4) is 0 Å². The van der Waals surface area contributed by atoms with Gasteiger partial charge in [-0.25, -0.2) is 0 Å². The van der Waals surface area contributed by atoms with E-state index >= 15 is 0 Å². The van der Waals surface area contributed by atoms with Crippen LogP contribution in [0, 0.1) is 5.92 Å². The highest BCUT2D eigenvalue weighted by molar-refractivity contribution is 6.31. The molecule has 0 aliphatic heterocycles. The average Bonchev–Trinajstić information content (AvgIpc) is 2.48. The maximum absolute atomic E-state index is 12.4. The molecule has 0 aromatic heterocycles. The van der Waals surface area contributed by atoms with Crippen LogP contribution in [0.25, 0.3) is 0 Å². The van der Waals surface area contributed by atoms with E-state index in [4.69, 9.17) is 16.3 Å². The minimum atomic E-state index is -0.758. The topological polar surface area (TPSA) is 60.4 Å². The van der Waals surface area contributed by atoms with Gasteiger partial charge in [0, 0.05) is 17.4 Å². The fourth-order valence-electron chi connectivity index (χ4n) is 2.46. The van der Waals surface area contributed by atoms with Crippen molar-refractivity contribution in [3.05, 3.63) is 34.9 Å². The molecule has 2 atom stereocenters. The van der Waals surface area contributed by atoms with Crippen LogP contribution < -0.4 is 0 Å². The average molecular weight is 325 g/mol. The lowest BCUT2D eigenvalue weighted by Gasteiger charge is -2.24. The predicted octanol–water partition coefficient (Wildman–Crippen LogP) is 3.56. The Bertz CT molecular complexity index is 553. The van der Waals surface area contributed by atoms with Gasteiger partial charge in [-0.3, -0.25) is 14.4 Å². The standard InChI is InChI=1S/C17H21ClO4/c1-4-15(20)17(12-8-6-7-9-14(12)18)13(11(3)19)10-16(21)22-5-2/h6-9,13,17H,4-5,10H2,1-3H3. The molecule has 1 aromatic carbocycles. The molecular weight excluding hydrogens is 304 g/mol. The summed E-state index contributed by atoms with van der Waals surface area (Å²) in [5.41, 5.74) is 0.584. The zero-order chi connectivity index (χ0) is 16.7. The lowest BCUT2D eigenvalue weighted by Crippen LogP contribution is -2.29. The summed E-state index contributed by atoms with van der Waals surface area (Å²) in [6.45, 7) is 5.05. The van der Waals surface area contributed by atoms with E-state index in [1.807, 2.05) is 0 Å². The number of carbonyl (C=O) groups excluding carboxylic acids is 3. The van der Waals surface area contributed by atoms with Crippen molar-refractivity contribution in [2.75, 3.05) is 6.61 Å². The number of carbonyl (C=O) groups is 3. The number of ketones is 2. The molecule has 0 saturated heterocycles. The van der Waals surface area contributed by atoms with Crippen LogP contribution in [-0.4, -0.2) is 24.1 Å². The van der Waals surface area contributed by atoms with Gasteiger partial charge in [0.25, 0.3) is 0 Å². The lowest BCUT2D eigenvalue weighted by atomic mass is 9.78. The van der Waals surface area contributed by atoms with Crippen molar-refractivity contribution in [1.82, 2.24) is 0 Å². The van der Waals surface area contributed by atoms with Crippen molar-refractivity contribution in [3.63, 3.8) is 0 Å². The molecule has 120 valence electrons. The third-order valence-corrected chi connectivity index (χ3v) is 3.90. The maximum atomic E-state index is 12.4. The van der Waals surface area contributed by atoms with E-state index in [0.717, 1.165) is 0 Å². The first-order chi connectivity index (χ1) is 10.4. The van der Waals surface area contributed by atoms with E-state index in [0.29, 0.717) is 10.6 Å². The van der Waals surface area contributed by atoms with Gasteiger partial charge in [0.15, 0.2) is 0 Å². The molecule has 0 spiro atoms. The Morgan fingerprint density at radius 2 is 1.82 bits per heavy atom. The second kappa shape index (κ2) is 8.69. The van der Waals surface area contributed by atoms with Gasteiger partial charge in [-0.2, -0.15) is 0 Å². The number of hydrogen-bond acceptors (Lipinski definition) is 4. The Morgan fingerprint density at radius 1 is 1.18 bits per heavy atom. The molecule has 0 aliphatic carbocycles. The summed E-state index contributed by atoms with van der Waals surface area (Å²) in [4.78, 5) is 36.2. The molecule has 1 rings (SSSR count). The summed E-state index contributed by atoms with van der Waals surface area (Å²) in [7, 11) is 0. The number of benzene rings is 1. The Hall–Kier alpha value is -1.68. The number of Topliss-reactive ketones (excluding diaryl/α,β-unsaturated/α-hetero) is 2. The molecule has 4 nitrogen and oxygen atoms in total. The number of ether oxygens (including phenoxy) is 1. The summed E-state index contributed by atoms with van der Waals surface area (Å²) in [6.07, 6.45) is 0.146. The van der Waals surface area contributed by atoms with Gasteiger partial charge in [-0.15, -0.1) is 0 Å². The molecule has 22 heavy (non-hydrogen) atoms. The van der Waals surface area contributed by atoms with E-state index < -0.39 is 17.8 Å². The molecule has 1 aromatic rings. The summed E-state index contributed by atoms with van der Waals surface area (Å²) < 4.78 is 4.92. The van der Waals surface area contributed by atoms with Gasteiger partial charge in [-0.1, -0.05) is 36.7 Å². The summed E-state index contributed by atoms with van der Waals surface area (Å²) in [6, 6.07) is 6.92. The SMILES string of the molecule is CCOC(=O)CC(C(C)=O)C(C(=O)CC)c1ccccc1Cl. The van der Waals surface area contributed by atoms with E-state index in [9.17, 15) is 14.4 Å². The smallest absolute Gasteiger partial charge is 0.306 e. The van der Waals surface area contributed by atoms with Crippen molar-refractivity contribution in [3.8, 4) is 0 Å². The fourth-order valence-corrected chi connectivity index (χ4v) is 2.71. The van der Waals surface area contributed by atoms with Crippen molar-refractivity contribution < 1.29 is 19.1 Å². The highest BCUT2D eigenvalue weighted by Gasteiger charge is 2.35. The quantitative estimate of drug-likeness (QED) is 0.686. The first kappa shape index (κ1) is 18.4. The van der Waals surface area contributed by atoms with Crippen molar-refractivity contribution in [2.24, 2.45) is 5.92 Å². The molecule has 0 saturated carbocycles. The van der Waals surface area contributed by atoms with E-state index in [2.05, 4.69) is 0 Å². The van der Waals surface area contributed by atoms with Crippen LogP contribution >= 0.6 is 11.6 Å². The molecule has 0 heterocycles. The van der Waals surface area contributed by atoms with E-state index in [1.165, 1.54) is 6.92 Å². The van der Waals surface area contributed by atoms with E-state index in [-0.39, 0.29) is 31.0 Å². The largest absolute Gasteiger partial charge is 0.466 e. The Morgan fingerprint density at radius 3 is 2.32 bits per heavy atom. The molecule has 0 amide bonds.